The van der Waals surface area contributed by atoms with Crippen LogP contribution in [-0.2, 0) is 0 Å². The quantitative estimate of drug-likeness (QED) is 0.701. The second-order valence-corrected chi connectivity index (χ2v) is 2.99. The maximum atomic E-state index is 11.1. The Bertz CT molecular complexity index is 407. The van der Waals surface area contributed by atoms with Gasteiger partial charge in [-0.15, -0.1) is 0 Å². The fourth-order valence-corrected chi connectivity index (χ4v) is 1.37. The van der Waals surface area contributed by atoms with Crippen molar-refractivity contribution in [2.24, 2.45) is 0 Å². The van der Waals surface area contributed by atoms with Crippen molar-refractivity contribution in [2.75, 3.05) is 0 Å². The molecule has 1 rings (SSSR count). The van der Waals surface area contributed by atoms with Gasteiger partial charge in [-0.2, -0.15) is 0 Å². The summed E-state index contributed by atoms with van der Waals surface area (Å²) >= 11 is 0. The van der Waals surface area contributed by atoms with Crippen molar-refractivity contribution in [1.29, 1.82) is 0 Å². The molecule has 0 aliphatic heterocycles. The third-order valence-corrected chi connectivity index (χ3v) is 2.03. The molecule has 0 heterocycles. The Hall–Kier alpha value is -1.84. The Morgan fingerprint density at radius 3 is 2.29 bits per heavy atom. The van der Waals surface area contributed by atoms with E-state index in [9.17, 15) is 14.7 Å². The van der Waals surface area contributed by atoms with Crippen molar-refractivity contribution in [3.63, 3.8) is 0 Å². The Morgan fingerprint density at radius 2 is 1.86 bits per heavy atom. The third-order valence-electron chi connectivity index (χ3n) is 2.03. The van der Waals surface area contributed by atoms with Gasteiger partial charge in [-0.05, 0) is 31.5 Å². The number of benzene rings is 1. The monoisotopic (exact) mass is 194 g/mol. The van der Waals surface area contributed by atoms with Crippen LogP contribution in [0.1, 0.15) is 33.2 Å². The van der Waals surface area contributed by atoms with Gasteiger partial charge in [0.2, 0.25) is 0 Å². The van der Waals surface area contributed by atoms with Crippen LogP contribution in [0.5, 0.6) is 5.75 Å². The molecule has 0 bridgehead atoms. The van der Waals surface area contributed by atoms with Crippen molar-refractivity contribution < 1.29 is 19.8 Å². The zero-order chi connectivity index (χ0) is 10.9. The van der Waals surface area contributed by atoms with Crippen LogP contribution in [0.25, 0.3) is 0 Å². The molecule has 0 saturated carbocycles. The van der Waals surface area contributed by atoms with E-state index >= 15 is 0 Å². The molecular formula is C10H10O4. The van der Waals surface area contributed by atoms with Crippen LogP contribution >= 0.6 is 0 Å². The summed E-state index contributed by atoms with van der Waals surface area (Å²) < 4.78 is 0. The summed E-state index contributed by atoms with van der Waals surface area (Å²) in [5.74, 6) is -1.63. The van der Waals surface area contributed by atoms with E-state index in [2.05, 4.69) is 0 Å². The smallest absolute Gasteiger partial charge is 0.335 e. The van der Waals surface area contributed by atoms with Gasteiger partial charge in [0.15, 0.2) is 5.78 Å². The minimum Gasteiger partial charge on any atom is -0.507 e. The average molecular weight is 194 g/mol. The van der Waals surface area contributed by atoms with Gasteiger partial charge >= 0.3 is 5.97 Å². The first-order valence-corrected chi connectivity index (χ1v) is 4.02. The van der Waals surface area contributed by atoms with E-state index in [1.165, 1.54) is 26.0 Å². The molecule has 74 valence electrons. The largest absolute Gasteiger partial charge is 0.507 e. The molecule has 0 unspecified atom stereocenters. The predicted octanol–water partition coefficient (Wildman–Crippen LogP) is 1.60. The predicted molar refractivity (Wildman–Crippen MR) is 49.8 cm³/mol. The van der Waals surface area contributed by atoms with Gasteiger partial charge in [-0.3, -0.25) is 4.79 Å². The lowest BCUT2D eigenvalue weighted by atomic mass is 9.99. The molecule has 4 heteroatoms. The van der Waals surface area contributed by atoms with Crippen LogP contribution in [0.4, 0.5) is 0 Å². The summed E-state index contributed by atoms with van der Waals surface area (Å²) in [6, 6.07) is 2.49. The fourth-order valence-electron chi connectivity index (χ4n) is 1.37. The SMILES string of the molecule is CC(=O)c1c(O)ccc(C(=O)O)c1C. The minimum atomic E-state index is -1.11. The summed E-state index contributed by atoms with van der Waals surface area (Å²) in [4.78, 5) is 21.8. The van der Waals surface area contributed by atoms with Crippen LogP contribution < -0.4 is 0 Å². The molecule has 0 aromatic heterocycles. The molecule has 4 nitrogen and oxygen atoms in total. The number of carbonyl (C=O) groups is 2. The second kappa shape index (κ2) is 3.49. The third kappa shape index (κ3) is 1.59. The van der Waals surface area contributed by atoms with Gasteiger partial charge in [0.1, 0.15) is 5.75 Å². The number of hydrogen-bond donors (Lipinski definition) is 2. The highest BCUT2D eigenvalue weighted by Gasteiger charge is 2.16. The molecule has 0 aliphatic carbocycles. The number of aromatic hydroxyl groups is 1. The molecule has 1 aromatic rings. The molecule has 0 amide bonds. The highest BCUT2D eigenvalue weighted by atomic mass is 16.4. The fraction of sp³-hybridized carbons (Fsp3) is 0.200. The second-order valence-electron chi connectivity index (χ2n) is 2.99. The van der Waals surface area contributed by atoms with Crippen LogP contribution in [0, 0.1) is 6.92 Å². The van der Waals surface area contributed by atoms with Crippen molar-refractivity contribution in [1.82, 2.24) is 0 Å². The number of carbonyl (C=O) groups excluding carboxylic acids is 1. The zero-order valence-corrected chi connectivity index (χ0v) is 7.87. The van der Waals surface area contributed by atoms with E-state index in [1.807, 2.05) is 0 Å². The molecule has 0 spiro atoms. The van der Waals surface area contributed by atoms with Gasteiger partial charge in [0.05, 0.1) is 11.1 Å². The van der Waals surface area contributed by atoms with Crippen molar-refractivity contribution in [3.8, 4) is 5.75 Å². The van der Waals surface area contributed by atoms with E-state index < -0.39 is 5.97 Å². The molecule has 0 atom stereocenters. The van der Waals surface area contributed by atoms with Crippen LogP contribution in [0.15, 0.2) is 12.1 Å². The standard InChI is InChI=1S/C10H10O4/c1-5-7(10(13)14)3-4-8(12)9(5)6(2)11/h3-4,12H,1-2H3,(H,13,14). The van der Waals surface area contributed by atoms with Gasteiger partial charge in [0, 0.05) is 0 Å². The molecule has 14 heavy (non-hydrogen) atoms. The van der Waals surface area contributed by atoms with Gasteiger partial charge in [-0.25, -0.2) is 4.79 Å². The molecule has 0 fully saturated rings. The number of aromatic carboxylic acids is 1. The van der Waals surface area contributed by atoms with Gasteiger partial charge in [-0.1, -0.05) is 0 Å². The molecule has 0 aliphatic rings. The van der Waals surface area contributed by atoms with E-state index in [0.717, 1.165) is 0 Å². The van der Waals surface area contributed by atoms with Gasteiger partial charge < -0.3 is 10.2 Å². The molecule has 2 N–H and O–H groups in total. The number of phenolic OH excluding ortho intramolecular Hbond substituents is 1. The lowest BCUT2D eigenvalue weighted by molar-refractivity contribution is 0.0696. The first-order valence-electron chi connectivity index (χ1n) is 4.02. The molecule has 0 saturated heterocycles. The number of rotatable bonds is 2. The molecular weight excluding hydrogens is 184 g/mol. The highest BCUT2D eigenvalue weighted by Crippen LogP contribution is 2.24. The van der Waals surface area contributed by atoms with E-state index in [4.69, 9.17) is 5.11 Å². The van der Waals surface area contributed by atoms with Crippen molar-refractivity contribution >= 4 is 11.8 Å². The lowest BCUT2D eigenvalue weighted by Crippen LogP contribution is -2.05. The minimum absolute atomic E-state index is 0.0352. The average Bonchev–Trinajstić information content (AvgIpc) is 2.02. The Labute approximate surface area is 80.8 Å². The highest BCUT2D eigenvalue weighted by molar-refractivity contribution is 6.01. The van der Waals surface area contributed by atoms with E-state index in [0.29, 0.717) is 5.56 Å². The van der Waals surface area contributed by atoms with Crippen molar-refractivity contribution in [3.05, 3.63) is 28.8 Å². The first kappa shape index (κ1) is 10.2. The Morgan fingerprint density at radius 1 is 1.29 bits per heavy atom. The number of ketones is 1. The summed E-state index contributed by atoms with van der Waals surface area (Å²) in [7, 11) is 0. The first-order chi connectivity index (χ1) is 6.45. The topological polar surface area (TPSA) is 74.6 Å². The van der Waals surface area contributed by atoms with Crippen molar-refractivity contribution in [2.45, 2.75) is 13.8 Å². The van der Waals surface area contributed by atoms with E-state index in [-0.39, 0.29) is 22.7 Å². The number of carboxylic acid groups (broad SMARTS) is 1. The summed E-state index contributed by atoms with van der Waals surface area (Å²) in [5.41, 5.74) is 0.405. The molecule has 0 radical (unpaired) electrons. The Kier molecular flexibility index (Phi) is 2.56. The van der Waals surface area contributed by atoms with Crippen LogP contribution in [-0.4, -0.2) is 22.0 Å². The molecule has 1 aromatic carbocycles. The summed E-state index contributed by atoms with van der Waals surface area (Å²) in [5, 5.41) is 18.1. The Balaban J connectivity index is 3.49. The maximum Gasteiger partial charge on any atom is 0.335 e. The summed E-state index contributed by atoms with van der Waals surface area (Å²) in [6.45, 7) is 2.79. The summed E-state index contributed by atoms with van der Waals surface area (Å²) in [6.07, 6.45) is 0. The number of hydrogen-bond acceptors (Lipinski definition) is 3. The van der Waals surface area contributed by atoms with Gasteiger partial charge in [0.25, 0.3) is 0 Å². The zero-order valence-electron chi connectivity index (χ0n) is 7.87. The van der Waals surface area contributed by atoms with Crippen LogP contribution in [0.2, 0.25) is 0 Å². The number of Topliss-reactive ketones (excluding diaryl/α,β-unsaturated/α-hetero) is 1. The van der Waals surface area contributed by atoms with E-state index in [1.54, 1.807) is 0 Å². The number of phenols is 1. The normalized spacial score (nSPS) is 9.86. The van der Waals surface area contributed by atoms with Crippen LogP contribution in [0.3, 0.4) is 0 Å². The lowest BCUT2D eigenvalue weighted by Gasteiger charge is -2.07. The number of carboxylic acids is 1. The maximum absolute atomic E-state index is 11.1.